The Labute approximate surface area is 203 Å². The first-order valence-electron chi connectivity index (χ1n) is 12.5. The number of hydrogen-bond donors (Lipinski definition) is 4. The van der Waals surface area contributed by atoms with Gasteiger partial charge in [0.2, 0.25) is 11.8 Å². The van der Waals surface area contributed by atoms with Crippen molar-refractivity contribution < 1.29 is 14.7 Å². The molecule has 0 aliphatic heterocycles. The molecule has 2 unspecified atom stereocenters. The smallest absolute Gasteiger partial charge is 0.243 e. The number of nitrogens with two attached hydrogens (primary N) is 1. The van der Waals surface area contributed by atoms with E-state index in [0.717, 1.165) is 16.3 Å². The Morgan fingerprint density at radius 1 is 1.09 bits per heavy atom. The molecule has 34 heavy (non-hydrogen) atoms. The van der Waals surface area contributed by atoms with Crippen LogP contribution < -0.4 is 16.4 Å². The number of aliphatic hydroxyl groups excluding tert-OH is 1. The van der Waals surface area contributed by atoms with Crippen LogP contribution in [0.5, 0.6) is 0 Å². The van der Waals surface area contributed by atoms with Gasteiger partial charge in [0.1, 0.15) is 6.04 Å². The van der Waals surface area contributed by atoms with E-state index in [9.17, 15) is 14.7 Å². The SMILES string of the molecule is CC(CN(C)C1CCCCC1)C(=O)N[C@H](Cc1ccc2ccccc2c1)C(=O)NCC(O)CN. The van der Waals surface area contributed by atoms with Crippen LogP contribution in [0.2, 0.25) is 0 Å². The van der Waals surface area contributed by atoms with Gasteiger partial charge in [-0.25, -0.2) is 0 Å². The van der Waals surface area contributed by atoms with Crippen molar-refractivity contribution in [3.8, 4) is 0 Å². The molecule has 0 bridgehead atoms. The molecule has 0 spiro atoms. The Kier molecular flexibility index (Phi) is 9.86. The van der Waals surface area contributed by atoms with Gasteiger partial charge < -0.3 is 26.4 Å². The quantitative estimate of drug-likeness (QED) is 0.404. The number of rotatable bonds is 11. The Morgan fingerprint density at radius 3 is 2.50 bits per heavy atom. The highest BCUT2D eigenvalue weighted by Crippen LogP contribution is 2.22. The molecule has 3 atom stereocenters. The molecule has 1 fully saturated rings. The number of benzene rings is 2. The number of nitrogens with zero attached hydrogens (tertiary/aromatic N) is 1. The summed E-state index contributed by atoms with van der Waals surface area (Å²) < 4.78 is 0. The molecular formula is C27H40N4O3. The van der Waals surface area contributed by atoms with Crippen LogP contribution in [0.3, 0.4) is 0 Å². The Morgan fingerprint density at radius 2 is 1.79 bits per heavy atom. The van der Waals surface area contributed by atoms with Crippen LogP contribution in [0.25, 0.3) is 10.8 Å². The van der Waals surface area contributed by atoms with E-state index in [-0.39, 0.29) is 30.8 Å². The summed E-state index contributed by atoms with van der Waals surface area (Å²) in [5.41, 5.74) is 6.43. The summed E-state index contributed by atoms with van der Waals surface area (Å²) in [5, 5.41) is 17.7. The number of aliphatic hydroxyl groups is 1. The van der Waals surface area contributed by atoms with E-state index in [1.165, 1.54) is 32.1 Å². The van der Waals surface area contributed by atoms with Crippen molar-refractivity contribution in [3.05, 3.63) is 48.0 Å². The molecule has 7 nitrogen and oxygen atoms in total. The van der Waals surface area contributed by atoms with Crippen LogP contribution in [-0.2, 0) is 16.0 Å². The molecule has 7 heteroatoms. The highest BCUT2D eigenvalue weighted by Gasteiger charge is 2.26. The zero-order valence-corrected chi connectivity index (χ0v) is 20.5. The minimum Gasteiger partial charge on any atom is -0.390 e. The summed E-state index contributed by atoms with van der Waals surface area (Å²) in [4.78, 5) is 28.3. The average Bonchev–Trinajstić information content (AvgIpc) is 2.86. The van der Waals surface area contributed by atoms with Crippen molar-refractivity contribution >= 4 is 22.6 Å². The zero-order valence-electron chi connectivity index (χ0n) is 20.5. The predicted octanol–water partition coefficient (Wildman–Crippen LogP) is 2.20. The van der Waals surface area contributed by atoms with Gasteiger partial charge in [-0.3, -0.25) is 9.59 Å². The second-order valence-corrected chi connectivity index (χ2v) is 9.71. The van der Waals surface area contributed by atoms with Crippen molar-refractivity contribution in [2.75, 3.05) is 26.7 Å². The van der Waals surface area contributed by atoms with Crippen molar-refractivity contribution in [2.24, 2.45) is 11.7 Å². The number of fused-ring (bicyclic) bond motifs is 1. The average molecular weight is 469 g/mol. The summed E-state index contributed by atoms with van der Waals surface area (Å²) in [7, 11) is 2.09. The van der Waals surface area contributed by atoms with Crippen LogP contribution in [0.15, 0.2) is 42.5 Å². The molecule has 0 heterocycles. The van der Waals surface area contributed by atoms with E-state index < -0.39 is 12.1 Å². The summed E-state index contributed by atoms with van der Waals surface area (Å²) in [5.74, 6) is -0.696. The van der Waals surface area contributed by atoms with Crippen LogP contribution in [-0.4, -0.2) is 66.7 Å². The zero-order chi connectivity index (χ0) is 24.5. The van der Waals surface area contributed by atoms with Gasteiger partial charge in [0.05, 0.1) is 6.10 Å². The Bertz CT molecular complexity index is 944. The predicted molar refractivity (Wildman–Crippen MR) is 136 cm³/mol. The van der Waals surface area contributed by atoms with Gasteiger partial charge in [-0.1, -0.05) is 68.7 Å². The topological polar surface area (TPSA) is 108 Å². The third-order valence-corrected chi connectivity index (χ3v) is 6.88. The number of carbonyl (C=O) groups excluding carboxylic acids is 2. The number of amides is 2. The first-order valence-corrected chi connectivity index (χ1v) is 12.5. The van der Waals surface area contributed by atoms with Crippen LogP contribution in [0.1, 0.15) is 44.6 Å². The molecule has 1 aliphatic rings. The lowest BCUT2D eigenvalue weighted by molar-refractivity contribution is -0.131. The lowest BCUT2D eigenvalue weighted by Crippen LogP contribution is -2.52. The third-order valence-electron chi connectivity index (χ3n) is 6.88. The second-order valence-electron chi connectivity index (χ2n) is 9.71. The normalized spacial score (nSPS) is 17.3. The maximum atomic E-state index is 13.1. The van der Waals surface area contributed by atoms with Crippen LogP contribution in [0, 0.1) is 5.92 Å². The van der Waals surface area contributed by atoms with E-state index in [0.29, 0.717) is 19.0 Å². The van der Waals surface area contributed by atoms with Crippen molar-refractivity contribution in [2.45, 2.75) is 63.6 Å². The minimum atomic E-state index is -0.816. The number of nitrogens with one attached hydrogen (secondary N) is 2. The number of carbonyl (C=O) groups is 2. The van der Waals surface area contributed by atoms with Gasteiger partial charge in [0.15, 0.2) is 0 Å². The molecule has 3 rings (SSSR count). The highest BCUT2D eigenvalue weighted by molar-refractivity contribution is 5.89. The van der Waals surface area contributed by atoms with Gasteiger partial charge in [-0.05, 0) is 36.2 Å². The van der Waals surface area contributed by atoms with Gasteiger partial charge in [-0.2, -0.15) is 0 Å². The van der Waals surface area contributed by atoms with Crippen LogP contribution in [0.4, 0.5) is 0 Å². The molecule has 2 aromatic carbocycles. The summed E-state index contributed by atoms with van der Waals surface area (Å²) in [6.07, 6.45) is 5.71. The minimum absolute atomic E-state index is 0.0550. The molecule has 1 aliphatic carbocycles. The van der Waals surface area contributed by atoms with Crippen LogP contribution >= 0.6 is 0 Å². The maximum absolute atomic E-state index is 13.1. The van der Waals surface area contributed by atoms with Gasteiger partial charge >= 0.3 is 0 Å². The Balaban J connectivity index is 1.67. The molecular weight excluding hydrogens is 428 g/mol. The Hall–Kier alpha value is -2.48. The fraction of sp³-hybridized carbons (Fsp3) is 0.556. The van der Waals surface area contributed by atoms with Crippen molar-refractivity contribution in [1.82, 2.24) is 15.5 Å². The fourth-order valence-corrected chi connectivity index (χ4v) is 4.74. The molecule has 2 aromatic rings. The van der Waals surface area contributed by atoms with E-state index in [1.807, 2.05) is 43.3 Å². The van der Waals surface area contributed by atoms with E-state index in [2.05, 4.69) is 28.6 Å². The molecule has 0 aromatic heterocycles. The first-order chi connectivity index (χ1) is 16.4. The molecule has 186 valence electrons. The molecule has 1 saturated carbocycles. The molecule has 5 N–H and O–H groups in total. The fourth-order valence-electron chi connectivity index (χ4n) is 4.74. The molecule has 0 radical (unpaired) electrons. The van der Waals surface area contributed by atoms with Gasteiger partial charge in [0.25, 0.3) is 0 Å². The van der Waals surface area contributed by atoms with Crippen molar-refractivity contribution in [1.29, 1.82) is 0 Å². The standard InChI is InChI=1S/C27H40N4O3/c1-19(18-31(2)23-10-4-3-5-11-23)26(33)30-25(27(34)29-17-24(32)16-28)15-20-12-13-21-8-6-7-9-22(21)14-20/h6-9,12-14,19,23-25,32H,3-5,10-11,15-18,28H2,1-2H3,(H,29,34)(H,30,33)/t19?,24?,25-/m1/s1. The van der Waals surface area contributed by atoms with E-state index in [1.54, 1.807) is 0 Å². The van der Waals surface area contributed by atoms with E-state index in [4.69, 9.17) is 5.73 Å². The third kappa shape index (κ3) is 7.52. The summed E-state index contributed by atoms with van der Waals surface area (Å²) in [6.45, 7) is 2.69. The molecule has 2 amide bonds. The lowest BCUT2D eigenvalue weighted by Gasteiger charge is -2.33. The first kappa shape index (κ1) is 26.1. The molecule has 0 saturated heterocycles. The van der Waals surface area contributed by atoms with Gasteiger partial charge in [0, 0.05) is 38.0 Å². The lowest BCUT2D eigenvalue weighted by atomic mass is 9.94. The highest BCUT2D eigenvalue weighted by atomic mass is 16.3. The largest absolute Gasteiger partial charge is 0.390 e. The summed E-state index contributed by atoms with van der Waals surface area (Å²) >= 11 is 0. The second kappa shape index (κ2) is 12.8. The number of hydrogen-bond acceptors (Lipinski definition) is 5. The van der Waals surface area contributed by atoms with Crippen molar-refractivity contribution in [3.63, 3.8) is 0 Å². The maximum Gasteiger partial charge on any atom is 0.243 e. The van der Waals surface area contributed by atoms with E-state index >= 15 is 0 Å². The summed E-state index contributed by atoms with van der Waals surface area (Å²) in [6, 6.07) is 13.9. The van der Waals surface area contributed by atoms with Gasteiger partial charge in [-0.15, -0.1) is 0 Å². The monoisotopic (exact) mass is 468 g/mol.